The van der Waals surface area contributed by atoms with Crippen molar-refractivity contribution in [2.75, 3.05) is 33.3 Å². The number of hydrogen-bond acceptors (Lipinski definition) is 6. The van der Waals surface area contributed by atoms with Gasteiger partial charge in [-0.1, -0.05) is 35.5 Å². The molecule has 8 nitrogen and oxygen atoms in total. The number of rotatable bonds is 5. The van der Waals surface area contributed by atoms with Gasteiger partial charge in [-0.15, -0.1) is 5.10 Å². The topological polar surface area (TPSA) is 80.6 Å². The lowest BCUT2D eigenvalue weighted by atomic mass is 9.74. The molecule has 1 aromatic heterocycles. The van der Waals surface area contributed by atoms with Crippen molar-refractivity contribution >= 4 is 11.9 Å². The molecule has 4 saturated heterocycles. The molecule has 1 amide bonds. The highest BCUT2D eigenvalue weighted by Crippen LogP contribution is 2.38. The molecule has 1 unspecified atom stereocenters. The van der Waals surface area contributed by atoms with Crippen LogP contribution in [0, 0.1) is 17.8 Å². The summed E-state index contributed by atoms with van der Waals surface area (Å²) in [5, 5.41) is 8.70. The summed E-state index contributed by atoms with van der Waals surface area (Å²) in [6.07, 6.45) is 5.54. The first kappa shape index (κ1) is 21.1. The number of esters is 1. The lowest BCUT2D eigenvalue weighted by molar-refractivity contribution is -0.152. The molecule has 170 valence electrons. The van der Waals surface area contributed by atoms with Gasteiger partial charge < -0.3 is 9.64 Å². The van der Waals surface area contributed by atoms with Crippen molar-refractivity contribution in [1.82, 2.24) is 24.8 Å². The number of hydrogen-bond donors (Lipinski definition) is 0. The van der Waals surface area contributed by atoms with Gasteiger partial charge in [-0.25, -0.2) is 0 Å². The van der Waals surface area contributed by atoms with Crippen LogP contribution >= 0.6 is 0 Å². The molecule has 0 spiro atoms. The second-order valence-corrected chi connectivity index (χ2v) is 9.35. The standard InChI is InChI=1S/C24H31N5O3/c1-32-24(31)18-7-10-27(11-8-18)23(30)21-15-28-12-9-19(21)13-20(28)14-29-16-22(25-26-29)17-5-3-2-4-6-17/h2-6,16,18-21H,7-15H2,1H3/t19-,20-,21-/m1/s1. The van der Waals surface area contributed by atoms with Gasteiger partial charge in [-0.3, -0.25) is 19.2 Å². The normalized spacial score (nSPS) is 28.0. The summed E-state index contributed by atoms with van der Waals surface area (Å²) < 4.78 is 6.82. The number of methoxy groups -OCH3 is 1. The van der Waals surface area contributed by atoms with E-state index in [9.17, 15) is 9.59 Å². The minimum atomic E-state index is -0.147. The molecular weight excluding hydrogens is 406 g/mol. The summed E-state index contributed by atoms with van der Waals surface area (Å²) in [7, 11) is 1.44. The average molecular weight is 438 g/mol. The zero-order valence-electron chi connectivity index (χ0n) is 18.6. The lowest BCUT2D eigenvalue weighted by Crippen LogP contribution is -2.59. The highest BCUT2D eigenvalue weighted by molar-refractivity contribution is 5.80. The first-order chi connectivity index (χ1) is 15.6. The van der Waals surface area contributed by atoms with Crippen LogP contribution in [0.25, 0.3) is 11.3 Å². The molecule has 0 saturated carbocycles. The Bertz CT molecular complexity index is 954. The van der Waals surface area contributed by atoms with Crippen molar-refractivity contribution in [2.24, 2.45) is 17.8 Å². The fraction of sp³-hybridized carbons (Fsp3) is 0.583. The van der Waals surface area contributed by atoms with Gasteiger partial charge in [0.1, 0.15) is 5.69 Å². The van der Waals surface area contributed by atoms with Crippen molar-refractivity contribution in [3.63, 3.8) is 0 Å². The van der Waals surface area contributed by atoms with E-state index in [2.05, 4.69) is 15.2 Å². The molecule has 2 bridgehead atoms. The van der Waals surface area contributed by atoms with E-state index in [1.54, 1.807) is 0 Å². The maximum absolute atomic E-state index is 13.3. The molecule has 1 aromatic carbocycles. The van der Waals surface area contributed by atoms with Crippen LogP contribution in [0.1, 0.15) is 25.7 Å². The Morgan fingerprint density at radius 1 is 1.09 bits per heavy atom. The summed E-state index contributed by atoms with van der Waals surface area (Å²) in [5.41, 5.74) is 1.97. The second kappa shape index (κ2) is 9.02. The fourth-order valence-electron chi connectivity index (χ4n) is 5.69. The monoisotopic (exact) mass is 437 g/mol. The molecule has 6 rings (SSSR count). The van der Waals surface area contributed by atoms with Crippen molar-refractivity contribution in [2.45, 2.75) is 38.3 Å². The van der Waals surface area contributed by atoms with Crippen LogP contribution in [0.2, 0.25) is 0 Å². The third-order valence-corrected chi connectivity index (χ3v) is 7.54. The highest BCUT2D eigenvalue weighted by atomic mass is 16.5. The molecule has 4 aliphatic heterocycles. The Morgan fingerprint density at radius 3 is 2.56 bits per heavy atom. The first-order valence-electron chi connectivity index (χ1n) is 11.7. The van der Waals surface area contributed by atoms with E-state index < -0.39 is 0 Å². The van der Waals surface area contributed by atoms with Gasteiger partial charge in [0.15, 0.2) is 0 Å². The van der Waals surface area contributed by atoms with Crippen LogP contribution in [-0.4, -0.2) is 76.0 Å². The molecule has 0 N–H and O–H groups in total. The Kier molecular flexibility index (Phi) is 5.95. The van der Waals surface area contributed by atoms with E-state index in [0.717, 1.165) is 43.7 Å². The summed E-state index contributed by atoms with van der Waals surface area (Å²) in [6, 6.07) is 10.5. The van der Waals surface area contributed by atoms with Gasteiger partial charge in [0.2, 0.25) is 5.91 Å². The van der Waals surface area contributed by atoms with Gasteiger partial charge in [0.05, 0.1) is 31.7 Å². The van der Waals surface area contributed by atoms with Gasteiger partial charge in [0.25, 0.3) is 0 Å². The minimum absolute atomic E-state index is 0.0663. The van der Waals surface area contributed by atoms with Crippen molar-refractivity contribution in [1.29, 1.82) is 0 Å². The summed E-state index contributed by atoms with van der Waals surface area (Å²) >= 11 is 0. The van der Waals surface area contributed by atoms with Gasteiger partial charge in [-0.05, 0) is 38.1 Å². The number of nitrogens with zero attached hydrogens (tertiary/aromatic N) is 5. The number of carbonyl (C=O) groups is 2. The van der Waals surface area contributed by atoms with E-state index in [1.165, 1.54) is 7.11 Å². The molecule has 8 heteroatoms. The zero-order valence-corrected chi connectivity index (χ0v) is 18.6. The molecule has 5 heterocycles. The molecule has 0 aliphatic carbocycles. The molecule has 4 fully saturated rings. The number of ether oxygens (including phenoxy) is 1. The number of fused-ring (bicyclic) bond motifs is 3. The second-order valence-electron chi connectivity index (χ2n) is 9.35. The number of benzene rings is 1. The predicted molar refractivity (Wildman–Crippen MR) is 118 cm³/mol. The Labute approximate surface area is 188 Å². The summed E-state index contributed by atoms with van der Waals surface area (Å²) in [6.45, 7) is 4.00. The quantitative estimate of drug-likeness (QED) is 0.666. The van der Waals surface area contributed by atoms with Crippen molar-refractivity contribution in [3.05, 3.63) is 36.5 Å². The summed E-state index contributed by atoms with van der Waals surface area (Å²) in [5.74, 6) is 0.557. The molecule has 4 aliphatic rings. The van der Waals surface area contributed by atoms with Crippen LogP contribution in [-0.2, 0) is 20.9 Å². The van der Waals surface area contributed by atoms with Crippen LogP contribution in [0.4, 0.5) is 0 Å². The largest absolute Gasteiger partial charge is 0.469 e. The number of piperidine rings is 4. The van der Waals surface area contributed by atoms with Crippen molar-refractivity contribution in [3.8, 4) is 11.3 Å². The summed E-state index contributed by atoms with van der Waals surface area (Å²) in [4.78, 5) is 29.5. The van der Waals surface area contributed by atoms with E-state index in [0.29, 0.717) is 37.9 Å². The third-order valence-electron chi connectivity index (χ3n) is 7.54. The lowest BCUT2D eigenvalue weighted by Gasteiger charge is -2.50. The fourth-order valence-corrected chi connectivity index (χ4v) is 5.69. The molecule has 32 heavy (non-hydrogen) atoms. The minimum Gasteiger partial charge on any atom is -0.469 e. The molecule has 4 atom stereocenters. The molecule has 2 aromatic rings. The van der Waals surface area contributed by atoms with Gasteiger partial charge >= 0.3 is 5.97 Å². The van der Waals surface area contributed by atoms with Gasteiger partial charge in [0, 0.05) is 31.2 Å². The van der Waals surface area contributed by atoms with Crippen LogP contribution < -0.4 is 0 Å². The predicted octanol–water partition coefficient (Wildman–Crippen LogP) is 2.07. The van der Waals surface area contributed by atoms with Crippen LogP contribution in [0.15, 0.2) is 36.5 Å². The zero-order chi connectivity index (χ0) is 22.1. The Morgan fingerprint density at radius 2 is 1.88 bits per heavy atom. The van der Waals surface area contributed by atoms with E-state index in [4.69, 9.17) is 4.74 Å². The van der Waals surface area contributed by atoms with Crippen LogP contribution in [0.5, 0.6) is 0 Å². The highest BCUT2D eigenvalue weighted by Gasteiger charge is 2.45. The maximum atomic E-state index is 13.3. The van der Waals surface area contributed by atoms with E-state index >= 15 is 0 Å². The van der Waals surface area contributed by atoms with Crippen molar-refractivity contribution < 1.29 is 14.3 Å². The number of carbonyl (C=O) groups excluding carboxylic acids is 2. The smallest absolute Gasteiger partial charge is 0.308 e. The first-order valence-corrected chi connectivity index (χ1v) is 11.7. The van der Waals surface area contributed by atoms with E-state index in [-0.39, 0.29) is 23.7 Å². The SMILES string of the molecule is COC(=O)C1CCN(C(=O)[C@@H]2CN3CC[C@@H]2C[C@@H]3Cn2cc(-c3ccccc3)nn2)CC1. The molecular formula is C24H31N5O3. The number of amides is 1. The maximum Gasteiger partial charge on any atom is 0.308 e. The molecule has 0 radical (unpaired) electrons. The van der Waals surface area contributed by atoms with Crippen LogP contribution in [0.3, 0.4) is 0 Å². The average Bonchev–Trinajstić information content (AvgIpc) is 3.32. The third kappa shape index (κ3) is 4.16. The number of likely N-dealkylation sites (tertiary alicyclic amines) is 1. The Hall–Kier alpha value is -2.74. The van der Waals surface area contributed by atoms with Gasteiger partial charge in [-0.2, -0.15) is 0 Å². The number of aromatic nitrogens is 3. The Balaban J connectivity index is 1.18. The van der Waals surface area contributed by atoms with E-state index in [1.807, 2.05) is 46.1 Å².